The van der Waals surface area contributed by atoms with Crippen molar-refractivity contribution < 1.29 is 4.79 Å². The molecule has 0 aliphatic carbocycles. The molecule has 2 rings (SSSR count). The second kappa shape index (κ2) is 6.64. The van der Waals surface area contributed by atoms with E-state index in [1.807, 2.05) is 24.3 Å². The van der Waals surface area contributed by atoms with E-state index in [2.05, 4.69) is 39.7 Å². The Kier molecular flexibility index (Phi) is 5.13. The monoisotopic (exact) mass is 324 g/mol. The van der Waals surface area contributed by atoms with Crippen LogP contribution in [0.3, 0.4) is 0 Å². The molecule has 1 aliphatic rings. The molecule has 1 saturated heterocycles. The minimum absolute atomic E-state index is 0.198. The summed E-state index contributed by atoms with van der Waals surface area (Å²) in [5.74, 6) is 0.198. The quantitative estimate of drug-likeness (QED) is 0.799. The van der Waals surface area contributed by atoms with Crippen LogP contribution < -0.4 is 0 Å². The third-order valence-electron chi connectivity index (χ3n) is 3.71. The van der Waals surface area contributed by atoms with Gasteiger partial charge in [0.05, 0.1) is 6.54 Å². The van der Waals surface area contributed by atoms with Gasteiger partial charge in [-0.15, -0.1) is 0 Å². The average Bonchev–Trinajstić information content (AvgIpc) is 2.52. The highest BCUT2D eigenvalue weighted by Crippen LogP contribution is 2.18. The number of hydrogen-bond acceptors (Lipinski definition) is 3. The minimum Gasteiger partial charge on any atom is -0.305 e. The Morgan fingerprint density at radius 2 is 2.11 bits per heavy atom. The Balaban J connectivity index is 2.04. The van der Waals surface area contributed by atoms with Crippen molar-refractivity contribution in [2.75, 3.05) is 33.2 Å². The molecule has 0 radical (unpaired) electrons. The zero-order valence-electron chi connectivity index (χ0n) is 11.6. The van der Waals surface area contributed by atoms with Crippen molar-refractivity contribution in [3.8, 4) is 0 Å². The Morgan fingerprint density at radius 1 is 1.37 bits per heavy atom. The molecule has 1 atom stereocenters. The van der Waals surface area contributed by atoms with Crippen molar-refractivity contribution in [2.45, 2.75) is 19.4 Å². The maximum absolute atomic E-state index is 12.4. The second-order valence-corrected chi connectivity index (χ2v) is 6.19. The summed E-state index contributed by atoms with van der Waals surface area (Å²) < 4.78 is 0.889. The largest absolute Gasteiger partial charge is 0.305 e. The maximum atomic E-state index is 12.4. The van der Waals surface area contributed by atoms with Gasteiger partial charge in [0, 0.05) is 29.2 Å². The van der Waals surface area contributed by atoms with Crippen LogP contribution in [-0.4, -0.2) is 54.9 Å². The molecule has 3 nitrogen and oxygen atoms in total. The van der Waals surface area contributed by atoms with E-state index in [0.29, 0.717) is 12.6 Å². The van der Waals surface area contributed by atoms with Crippen molar-refractivity contribution in [1.82, 2.24) is 9.80 Å². The van der Waals surface area contributed by atoms with Gasteiger partial charge >= 0.3 is 0 Å². The van der Waals surface area contributed by atoms with Crippen LogP contribution in [0.25, 0.3) is 0 Å². The Bertz CT molecular complexity index is 450. The van der Waals surface area contributed by atoms with Crippen molar-refractivity contribution in [1.29, 1.82) is 0 Å². The zero-order chi connectivity index (χ0) is 13.8. The van der Waals surface area contributed by atoms with Gasteiger partial charge in [0.15, 0.2) is 5.78 Å². The molecule has 0 aromatic heterocycles. The topological polar surface area (TPSA) is 23.6 Å². The molecule has 1 fully saturated rings. The van der Waals surface area contributed by atoms with Gasteiger partial charge in [-0.2, -0.15) is 0 Å². The van der Waals surface area contributed by atoms with E-state index < -0.39 is 0 Å². The first-order valence-electron chi connectivity index (χ1n) is 6.78. The zero-order valence-corrected chi connectivity index (χ0v) is 13.2. The fraction of sp³-hybridized carbons (Fsp3) is 0.533. The first kappa shape index (κ1) is 14.7. The summed E-state index contributed by atoms with van der Waals surface area (Å²) in [7, 11) is 2.15. The summed E-state index contributed by atoms with van der Waals surface area (Å²) in [6.07, 6.45) is 1.13. The number of carbonyl (C=O) groups excluding carboxylic acids is 1. The fourth-order valence-corrected chi connectivity index (χ4v) is 3.12. The van der Waals surface area contributed by atoms with E-state index in [1.54, 1.807) is 0 Å². The lowest BCUT2D eigenvalue weighted by molar-refractivity contribution is 0.0899. The summed E-state index contributed by atoms with van der Waals surface area (Å²) >= 11 is 3.45. The first-order valence-corrected chi connectivity index (χ1v) is 7.57. The maximum Gasteiger partial charge on any atom is 0.177 e. The highest BCUT2D eigenvalue weighted by Gasteiger charge is 2.22. The lowest BCUT2D eigenvalue weighted by Crippen LogP contribution is -2.40. The van der Waals surface area contributed by atoms with Gasteiger partial charge in [-0.1, -0.05) is 34.1 Å². The SMILES string of the molecule is CC1CN(C)CCCN1CC(=O)c1ccccc1Br. The Labute approximate surface area is 123 Å². The number of rotatable bonds is 3. The molecule has 0 spiro atoms. The predicted molar refractivity (Wildman–Crippen MR) is 81.6 cm³/mol. The summed E-state index contributed by atoms with van der Waals surface area (Å²) in [5.41, 5.74) is 0.785. The van der Waals surface area contributed by atoms with Crippen LogP contribution in [0.2, 0.25) is 0 Å². The number of nitrogens with zero attached hydrogens (tertiary/aromatic N) is 2. The van der Waals surface area contributed by atoms with Crippen LogP contribution in [0.15, 0.2) is 28.7 Å². The van der Waals surface area contributed by atoms with Crippen LogP contribution in [0.1, 0.15) is 23.7 Å². The van der Waals surface area contributed by atoms with Crippen LogP contribution in [0, 0.1) is 0 Å². The lowest BCUT2D eigenvalue weighted by Gasteiger charge is -2.27. The number of carbonyl (C=O) groups is 1. The molecule has 1 heterocycles. The molecule has 1 aromatic rings. The smallest absolute Gasteiger partial charge is 0.177 e. The van der Waals surface area contributed by atoms with Crippen LogP contribution in [-0.2, 0) is 0 Å². The van der Waals surface area contributed by atoms with Gasteiger partial charge in [0.25, 0.3) is 0 Å². The number of Topliss-reactive ketones (excluding diaryl/α,β-unsaturated/α-hetero) is 1. The van der Waals surface area contributed by atoms with Crippen molar-refractivity contribution in [2.24, 2.45) is 0 Å². The molecule has 1 aromatic carbocycles. The van der Waals surface area contributed by atoms with E-state index in [-0.39, 0.29) is 5.78 Å². The van der Waals surface area contributed by atoms with Crippen molar-refractivity contribution in [3.63, 3.8) is 0 Å². The van der Waals surface area contributed by atoms with Gasteiger partial charge < -0.3 is 4.90 Å². The lowest BCUT2D eigenvalue weighted by atomic mass is 10.1. The van der Waals surface area contributed by atoms with Crippen molar-refractivity contribution in [3.05, 3.63) is 34.3 Å². The minimum atomic E-state index is 0.198. The van der Waals surface area contributed by atoms with Gasteiger partial charge in [-0.3, -0.25) is 9.69 Å². The molecular weight excluding hydrogens is 304 g/mol. The van der Waals surface area contributed by atoms with Crippen LogP contribution >= 0.6 is 15.9 Å². The second-order valence-electron chi connectivity index (χ2n) is 5.34. The number of hydrogen-bond donors (Lipinski definition) is 0. The summed E-state index contributed by atoms with van der Waals surface area (Å²) in [4.78, 5) is 17.0. The molecule has 104 valence electrons. The molecule has 19 heavy (non-hydrogen) atoms. The molecule has 4 heteroatoms. The van der Waals surface area contributed by atoms with Crippen LogP contribution in [0.5, 0.6) is 0 Å². The first-order chi connectivity index (χ1) is 9.08. The van der Waals surface area contributed by atoms with Gasteiger partial charge in [-0.05, 0) is 33.0 Å². The number of likely N-dealkylation sites (N-methyl/N-ethyl adjacent to an activating group) is 1. The Morgan fingerprint density at radius 3 is 2.84 bits per heavy atom. The van der Waals surface area contributed by atoms with Gasteiger partial charge in [-0.25, -0.2) is 0 Å². The molecular formula is C15H21BrN2O. The molecule has 1 aliphatic heterocycles. The highest BCUT2D eigenvalue weighted by atomic mass is 79.9. The standard InChI is InChI=1S/C15H21BrN2O/c1-12-10-17(2)8-5-9-18(12)11-15(19)13-6-3-4-7-14(13)16/h3-4,6-7,12H,5,8-11H2,1-2H3. The van der Waals surface area contributed by atoms with Crippen molar-refractivity contribution >= 4 is 21.7 Å². The van der Waals surface area contributed by atoms with E-state index in [9.17, 15) is 4.79 Å². The summed E-state index contributed by atoms with van der Waals surface area (Å²) in [6, 6.07) is 8.09. The molecule has 1 unspecified atom stereocenters. The normalized spacial score (nSPS) is 22.2. The third kappa shape index (κ3) is 3.88. The fourth-order valence-electron chi connectivity index (χ4n) is 2.61. The molecule has 0 amide bonds. The van der Waals surface area contributed by atoms with Gasteiger partial charge in [0.2, 0.25) is 0 Å². The predicted octanol–water partition coefficient (Wildman–Crippen LogP) is 2.66. The molecule has 0 saturated carbocycles. The van der Waals surface area contributed by atoms with E-state index >= 15 is 0 Å². The number of benzene rings is 1. The van der Waals surface area contributed by atoms with E-state index in [1.165, 1.54) is 0 Å². The summed E-state index contributed by atoms with van der Waals surface area (Å²) in [5, 5.41) is 0. The van der Waals surface area contributed by atoms with Crippen LogP contribution in [0.4, 0.5) is 0 Å². The molecule has 0 N–H and O–H groups in total. The van der Waals surface area contributed by atoms with E-state index in [0.717, 1.165) is 36.1 Å². The number of halogens is 1. The van der Waals surface area contributed by atoms with E-state index in [4.69, 9.17) is 0 Å². The highest BCUT2D eigenvalue weighted by molar-refractivity contribution is 9.10. The Hall–Kier alpha value is -0.710. The van der Waals surface area contributed by atoms with Gasteiger partial charge in [0.1, 0.15) is 0 Å². The number of ketones is 1. The third-order valence-corrected chi connectivity index (χ3v) is 4.40. The summed E-state index contributed by atoms with van der Waals surface area (Å²) in [6.45, 7) is 5.86. The molecule has 0 bridgehead atoms. The average molecular weight is 325 g/mol.